The van der Waals surface area contributed by atoms with E-state index in [1.165, 1.54) is 32.1 Å². The van der Waals surface area contributed by atoms with Gasteiger partial charge in [-0.3, -0.25) is 9.00 Å². The number of fused-ring (bicyclic) bond motifs is 1. The number of benzene rings is 1. The second-order valence-corrected chi connectivity index (χ2v) is 8.54. The van der Waals surface area contributed by atoms with Crippen molar-refractivity contribution in [2.75, 3.05) is 5.75 Å². The number of carbonyl (C=O) groups excluding carboxylic acids is 1. The van der Waals surface area contributed by atoms with Crippen molar-refractivity contribution >= 4 is 27.7 Å². The number of amides is 1. The molecule has 0 spiro atoms. The molecule has 140 valence electrons. The molecule has 1 aromatic carbocycles. The number of nitrogens with one attached hydrogen (secondary N) is 1. The summed E-state index contributed by atoms with van der Waals surface area (Å²) in [5.41, 5.74) is 3.11. The Labute approximate surface area is 157 Å². The highest BCUT2D eigenvalue weighted by molar-refractivity contribution is 7.84. The number of aryl methyl sites for hydroxylation is 1. The molecule has 1 saturated carbocycles. The van der Waals surface area contributed by atoms with Crippen LogP contribution in [0.15, 0.2) is 24.3 Å². The van der Waals surface area contributed by atoms with E-state index in [0.29, 0.717) is 5.69 Å². The molecule has 26 heavy (non-hydrogen) atoms. The molecule has 1 atom stereocenters. The molecule has 1 heterocycles. The number of hydrogen-bond donors (Lipinski definition) is 1. The van der Waals surface area contributed by atoms with E-state index in [-0.39, 0.29) is 23.5 Å². The quantitative estimate of drug-likeness (QED) is 0.872. The zero-order valence-electron chi connectivity index (χ0n) is 15.4. The summed E-state index contributed by atoms with van der Waals surface area (Å²) in [6.07, 6.45) is 8.20. The largest absolute Gasteiger partial charge is 0.353 e. The highest BCUT2D eigenvalue weighted by Gasteiger charge is 2.17. The van der Waals surface area contributed by atoms with E-state index < -0.39 is 10.8 Å². The van der Waals surface area contributed by atoms with Crippen LogP contribution >= 0.6 is 0 Å². The van der Waals surface area contributed by atoms with Gasteiger partial charge in [-0.2, -0.15) is 0 Å². The zero-order valence-corrected chi connectivity index (χ0v) is 16.2. The second-order valence-electron chi connectivity index (χ2n) is 7.08. The summed E-state index contributed by atoms with van der Waals surface area (Å²) < 4.78 is 12.5. The molecule has 0 aliphatic heterocycles. The Kier molecular flexibility index (Phi) is 6.72. The molecular weight excluding hydrogens is 346 g/mol. The van der Waals surface area contributed by atoms with E-state index >= 15 is 0 Å². The number of carbonyl (C=O) groups is 1. The fourth-order valence-corrected chi connectivity index (χ4v) is 4.54. The fraction of sp³-hybridized carbons (Fsp3) is 0.550. The van der Waals surface area contributed by atoms with Crippen LogP contribution in [-0.2, 0) is 21.3 Å². The number of para-hydroxylation sites is 2. The van der Waals surface area contributed by atoms with Gasteiger partial charge in [-0.1, -0.05) is 44.2 Å². The van der Waals surface area contributed by atoms with Crippen LogP contribution in [0.5, 0.6) is 0 Å². The van der Waals surface area contributed by atoms with Gasteiger partial charge in [0.1, 0.15) is 5.75 Å². The first-order chi connectivity index (χ1) is 12.6. The van der Waals surface area contributed by atoms with Crippen LogP contribution in [0.25, 0.3) is 11.0 Å². The fourth-order valence-electron chi connectivity index (χ4n) is 3.48. The number of rotatable bonds is 5. The average Bonchev–Trinajstić information content (AvgIpc) is 2.57. The molecule has 6 heteroatoms. The van der Waals surface area contributed by atoms with Crippen LogP contribution in [0.2, 0.25) is 0 Å². The first-order valence-corrected chi connectivity index (χ1v) is 11.0. The predicted octanol–water partition coefficient (Wildman–Crippen LogP) is 3.42. The van der Waals surface area contributed by atoms with Crippen molar-refractivity contribution in [2.45, 2.75) is 63.7 Å². The Morgan fingerprint density at radius 3 is 2.38 bits per heavy atom. The molecule has 2 aromatic rings. The Morgan fingerprint density at radius 1 is 1.08 bits per heavy atom. The van der Waals surface area contributed by atoms with Crippen molar-refractivity contribution in [1.82, 2.24) is 15.3 Å². The molecule has 0 radical (unpaired) electrons. The SMILES string of the molecule is Cc1nc2ccccc2nc1C[S@](=O)CC(=O)NC1CCCCCCC1. The molecule has 1 fully saturated rings. The van der Waals surface area contributed by atoms with E-state index in [1.807, 2.05) is 31.2 Å². The van der Waals surface area contributed by atoms with Gasteiger partial charge in [-0.05, 0) is 31.9 Å². The van der Waals surface area contributed by atoms with Crippen LogP contribution in [0.1, 0.15) is 56.3 Å². The summed E-state index contributed by atoms with van der Waals surface area (Å²) >= 11 is 0. The molecule has 0 saturated heterocycles. The van der Waals surface area contributed by atoms with Crippen molar-refractivity contribution in [3.05, 3.63) is 35.7 Å². The first-order valence-electron chi connectivity index (χ1n) is 9.48. The van der Waals surface area contributed by atoms with Gasteiger partial charge in [0.05, 0.1) is 28.2 Å². The minimum Gasteiger partial charge on any atom is -0.353 e. The lowest BCUT2D eigenvalue weighted by Crippen LogP contribution is -2.38. The summed E-state index contributed by atoms with van der Waals surface area (Å²) in [6, 6.07) is 7.89. The van der Waals surface area contributed by atoms with Crippen molar-refractivity contribution < 1.29 is 9.00 Å². The standard InChI is InChI=1S/C20H27N3O2S/c1-15-19(23-18-12-8-7-11-17(18)21-15)13-26(25)14-20(24)22-16-9-5-3-2-4-6-10-16/h7-8,11-12,16H,2-6,9-10,13-14H2,1H3,(H,22,24)/t26-/m0/s1. The zero-order chi connectivity index (χ0) is 18.4. The van der Waals surface area contributed by atoms with Gasteiger partial charge in [0.25, 0.3) is 0 Å². The van der Waals surface area contributed by atoms with Gasteiger partial charge < -0.3 is 5.32 Å². The highest BCUT2D eigenvalue weighted by Crippen LogP contribution is 2.17. The van der Waals surface area contributed by atoms with E-state index in [2.05, 4.69) is 15.3 Å². The summed E-state index contributed by atoms with van der Waals surface area (Å²) in [7, 11) is -1.28. The number of hydrogen-bond acceptors (Lipinski definition) is 4. The predicted molar refractivity (Wildman–Crippen MR) is 105 cm³/mol. The average molecular weight is 374 g/mol. The van der Waals surface area contributed by atoms with Gasteiger partial charge in [0.2, 0.25) is 5.91 Å². The number of nitrogens with zero attached hydrogens (tertiary/aromatic N) is 2. The van der Waals surface area contributed by atoms with Gasteiger partial charge in [0.15, 0.2) is 0 Å². The highest BCUT2D eigenvalue weighted by atomic mass is 32.2. The summed E-state index contributed by atoms with van der Waals surface area (Å²) in [5.74, 6) is 0.187. The van der Waals surface area contributed by atoms with Crippen molar-refractivity contribution in [2.24, 2.45) is 0 Å². The summed E-state index contributed by atoms with van der Waals surface area (Å²) in [6.45, 7) is 1.88. The molecule has 3 rings (SSSR count). The van der Waals surface area contributed by atoms with Crippen LogP contribution in [-0.4, -0.2) is 31.9 Å². The smallest absolute Gasteiger partial charge is 0.232 e. The molecule has 1 aliphatic rings. The molecular formula is C20H27N3O2S. The van der Waals surface area contributed by atoms with Crippen LogP contribution in [0.3, 0.4) is 0 Å². The van der Waals surface area contributed by atoms with Crippen LogP contribution in [0, 0.1) is 6.92 Å². The van der Waals surface area contributed by atoms with Gasteiger partial charge in [0, 0.05) is 16.8 Å². The van der Waals surface area contributed by atoms with Crippen LogP contribution < -0.4 is 5.32 Å². The first kappa shape index (κ1) is 19.0. The van der Waals surface area contributed by atoms with Crippen molar-refractivity contribution in [3.63, 3.8) is 0 Å². The lowest BCUT2D eigenvalue weighted by atomic mass is 9.97. The van der Waals surface area contributed by atoms with Gasteiger partial charge >= 0.3 is 0 Å². The maximum Gasteiger partial charge on any atom is 0.232 e. The molecule has 1 N–H and O–H groups in total. The molecule has 0 unspecified atom stereocenters. The molecule has 0 bridgehead atoms. The van der Waals surface area contributed by atoms with E-state index in [9.17, 15) is 9.00 Å². The second kappa shape index (κ2) is 9.21. The Morgan fingerprint density at radius 2 is 1.69 bits per heavy atom. The van der Waals surface area contributed by atoms with Gasteiger partial charge in [-0.25, -0.2) is 9.97 Å². The maximum atomic E-state index is 12.5. The third-order valence-corrected chi connectivity index (χ3v) is 6.08. The Hall–Kier alpha value is -1.82. The van der Waals surface area contributed by atoms with Crippen molar-refractivity contribution in [3.8, 4) is 0 Å². The monoisotopic (exact) mass is 373 g/mol. The third-order valence-electron chi connectivity index (χ3n) is 4.90. The molecule has 1 aromatic heterocycles. The summed E-state index contributed by atoms with van der Waals surface area (Å²) in [5, 5.41) is 3.08. The van der Waals surface area contributed by atoms with Gasteiger partial charge in [-0.15, -0.1) is 0 Å². The van der Waals surface area contributed by atoms with E-state index in [4.69, 9.17) is 0 Å². The Bertz CT molecular complexity index is 786. The Balaban J connectivity index is 1.56. The van der Waals surface area contributed by atoms with Crippen LogP contribution in [0.4, 0.5) is 0 Å². The van der Waals surface area contributed by atoms with Crippen molar-refractivity contribution in [1.29, 1.82) is 0 Å². The number of aromatic nitrogens is 2. The minimum absolute atomic E-state index is 0.0322. The lowest BCUT2D eigenvalue weighted by molar-refractivity contribution is -0.119. The van der Waals surface area contributed by atoms with E-state index in [1.54, 1.807) is 0 Å². The molecule has 5 nitrogen and oxygen atoms in total. The molecule has 1 aliphatic carbocycles. The summed E-state index contributed by atoms with van der Waals surface area (Å²) in [4.78, 5) is 21.4. The minimum atomic E-state index is -1.28. The normalized spacial score (nSPS) is 17.4. The molecule has 1 amide bonds. The van der Waals surface area contributed by atoms with E-state index in [0.717, 1.165) is 29.6 Å². The topological polar surface area (TPSA) is 72.0 Å². The lowest BCUT2D eigenvalue weighted by Gasteiger charge is -2.20. The maximum absolute atomic E-state index is 12.5. The third kappa shape index (κ3) is 5.34.